The Kier molecular flexibility index (Phi) is 6.72. The van der Waals surface area contributed by atoms with Crippen molar-refractivity contribution in [1.29, 1.82) is 0 Å². The number of hydrogen-bond donors (Lipinski definition) is 2. The first kappa shape index (κ1) is 16.8. The Hall–Kier alpha value is -1.55. The Balaban J connectivity index is 1.78. The number of aliphatic hydroxyl groups is 1. The van der Waals surface area contributed by atoms with Gasteiger partial charge in [-0.15, -0.1) is 0 Å². The van der Waals surface area contributed by atoms with Crippen LogP contribution in [0.15, 0.2) is 24.3 Å². The minimum atomic E-state index is 0.0170. The summed E-state index contributed by atoms with van der Waals surface area (Å²) in [5, 5.41) is 12.2. The van der Waals surface area contributed by atoms with Gasteiger partial charge in [-0.3, -0.25) is 0 Å². The number of benzene rings is 1. The van der Waals surface area contributed by atoms with Crippen molar-refractivity contribution in [2.45, 2.75) is 51.5 Å². The summed E-state index contributed by atoms with van der Waals surface area (Å²) in [7, 11) is 0. The summed E-state index contributed by atoms with van der Waals surface area (Å²) in [5.41, 5.74) is 2.59. The molecule has 1 aromatic carbocycles. The van der Waals surface area contributed by atoms with Gasteiger partial charge in [0.15, 0.2) is 0 Å². The number of amides is 2. The summed E-state index contributed by atoms with van der Waals surface area (Å²) in [6.45, 7) is 3.77. The molecule has 0 saturated carbocycles. The predicted octanol–water partition coefficient (Wildman–Crippen LogP) is 2.74. The van der Waals surface area contributed by atoms with Gasteiger partial charge in [-0.05, 0) is 49.7 Å². The molecule has 0 radical (unpaired) electrons. The van der Waals surface area contributed by atoms with Crippen molar-refractivity contribution in [1.82, 2.24) is 10.2 Å². The van der Waals surface area contributed by atoms with Crippen LogP contribution in [0.1, 0.15) is 43.7 Å². The number of hydrogen-bond acceptors (Lipinski definition) is 2. The van der Waals surface area contributed by atoms with Crippen molar-refractivity contribution in [2.75, 3.05) is 19.7 Å². The van der Waals surface area contributed by atoms with E-state index < -0.39 is 0 Å². The number of nitrogens with zero attached hydrogens (tertiary/aromatic N) is 1. The first-order valence-corrected chi connectivity index (χ1v) is 8.47. The molecule has 1 aliphatic heterocycles. The Bertz CT molecular complexity index is 457. The molecule has 1 fully saturated rings. The number of aryl methyl sites for hydroxylation is 1. The lowest BCUT2D eigenvalue weighted by molar-refractivity contribution is 0.132. The summed E-state index contributed by atoms with van der Waals surface area (Å²) in [6, 6.07) is 8.80. The minimum Gasteiger partial charge on any atom is -0.396 e. The zero-order valence-electron chi connectivity index (χ0n) is 13.6. The summed E-state index contributed by atoms with van der Waals surface area (Å²) in [5.74, 6) is 0. The van der Waals surface area contributed by atoms with Crippen molar-refractivity contribution >= 4 is 6.03 Å². The van der Waals surface area contributed by atoms with Gasteiger partial charge in [-0.1, -0.05) is 31.2 Å². The number of urea groups is 1. The molecule has 1 unspecified atom stereocenters. The van der Waals surface area contributed by atoms with Gasteiger partial charge in [0.25, 0.3) is 0 Å². The Labute approximate surface area is 133 Å². The standard InChI is InChI=1S/C18H28N2O2/c1-2-15-6-8-16(9-7-15)10-12-19-18(22)20-13-4-3-5-17(20)11-14-21/h6-9,17,21H,2-5,10-14H2,1H3,(H,19,22). The average Bonchev–Trinajstić information content (AvgIpc) is 2.56. The Morgan fingerprint density at radius 3 is 2.68 bits per heavy atom. The molecular weight excluding hydrogens is 276 g/mol. The molecule has 122 valence electrons. The van der Waals surface area contributed by atoms with Gasteiger partial charge in [0.2, 0.25) is 0 Å². The molecule has 2 N–H and O–H groups in total. The molecule has 1 aliphatic rings. The van der Waals surface area contributed by atoms with E-state index in [4.69, 9.17) is 5.11 Å². The molecule has 0 spiro atoms. The number of piperidine rings is 1. The molecule has 0 aliphatic carbocycles. The summed E-state index contributed by atoms with van der Waals surface area (Å²) in [6.07, 6.45) is 5.82. The second-order valence-corrected chi connectivity index (χ2v) is 6.01. The van der Waals surface area contributed by atoms with Crippen molar-refractivity contribution < 1.29 is 9.90 Å². The highest BCUT2D eigenvalue weighted by atomic mass is 16.3. The summed E-state index contributed by atoms with van der Waals surface area (Å²) in [4.78, 5) is 14.2. The predicted molar refractivity (Wildman–Crippen MR) is 89.0 cm³/mol. The van der Waals surface area contributed by atoms with Crippen LogP contribution in [0.3, 0.4) is 0 Å². The normalized spacial score (nSPS) is 18.3. The highest BCUT2D eigenvalue weighted by Gasteiger charge is 2.25. The fraction of sp³-hybridized carbons (Fsp3) is 0.611. The van der Waals surface area contributed by atoms with Crippen LogP contribution >= 0.6 is 0 Å². The molecule has 0 bridgehead atoms. The molecule has 4 heteroatoms. The largest absolute Gasteiger partial charge is 0.396 e. The van der Waals surface area contributed by atoms with Crippen molar-refractivity contribution in [3.8, 4) is 0 Å². The lowest BCUT2D eigenvalue weighted by Crippen LogP contribution is -2.49. The fourth-order valence-electron chi connectivity index (χ4n) is 3.07. The van der Waals surface area contributed by atoms with E-state index in [9.17, 15) is 4.79 Å². The SMILES string of the molecule is CCc1ccc(CCNC(=O)N2CCCCC2CCO)cc1. The maximum absolute atomic E-state index is 12.3. The van der Waals surface area contributed by atoms with E-state index in [0.717, 1.165) is 38.6 Å². The van der Waals surface area contributed by atoms with Crippen LogP contribution in [0, 0.1) is 0 Å². The zero-order chi connectivity index (χ0) is 15.8. The van der Waals surface area contributed by atoms with E-state index in [-0.39, 0.29) is 18.7 Å². The smallest absolute Gasteiger partial charge is 0.317 e. The first-order chi connectivity index (χ1) is 10.7. The van der Waals surface area contributed by atoms with Gasteiger partial charge in [0.1, 0.15) is 0 Å². The van der Waals surface area contributed by atoms with E-state index in [0.29, 0.717) is 13.0 Å². The highest BCUT2D eigenvalue weighted by Crippen LogP contribution is 2.19. The zero-order valence-corrected chi connectivity index (χ0v) is 13.6. The average molecular weight is 304 g/mol. The molecular formula is C18H28N2O2. The lowest BCUT2D eigenvalue weighted by atomic mass is 10.0. The number of rotatable bonds is 6. The molecule has 1 aromatic rings. The monoisotopic (exact) mass is 304 g/mol. The summed E-state index contributed by atoms with van der Waals surface area (Å²) < 4.78 is 0. The quantitative estimate of drug-likeness (QED) is 0.849. The lowest BCUT2D eigenvalue weighted by Gasteiger charge is -2.35. The fourth-order valence-corrected chi connectivity index (χ4v) is 3.07. The van der Waals surface area contributed by atoms with E-state index in [1.54, 1.807) is 0 Å². The first-order valence-electron chi connectivity index (χ1n) is 8.47. The van der Waals surface area contributed by atoms with Crippen LogP contribution in [-0.2, 0) is 12.8 Å². The van der Waals surface area contributed by atoms with Crippen molar-refractivity contribution in [3.05, 3.63) is 35.4 Å². The highest BCUT2D eigenvalue weighted by molar-refractivity contribution is 5.74. The van der Waals surface area contributed by atoms with Crippen molar-refractivity contribution in [3.63, 3.8) is 0 Å². The summed E-state index contributed by atoms with van der Waals surface area (Å²) >= 11 is 0. The minimum absolute atomic E-state index is 0.0170. The van der Waals surface area contributed by atoms with E-state index in [1.165, 1.54) is 11.1 Å². The van der Waals surface area contributed by atoms with E-state index in [1.807, 2.05) is 4.90 Å². The molecule has 1 atom stereocenters. The topological polar surface area (TPSA) is 52.6 Å². The van der Waals surface area contributed by atoms with Crippen LogP contribution in [0.25, 0.3) is 0 Å². The molecule has 4 nitrogen and oxygen atoms in total. The number of likely N-dealkylation sites (tertiary alicyclic amines) is 1. The van der Waals surface area contributed by atoms with Crippen LogP contribution in [-0.4, -0.2) is 41.8 Å². The number of aliphatic hydroxyl groups excluding tert-OH is 1. The molecule has 2 amide bonds. The van der Waals surface area contributed by atoms with Gasteiger partial charge in [0.05, 0.1) is 0 Å². The van der Waals surface area contributed by atoms with Crippen LogP contribution in [0.2, 0.25) is 0 Å². The molecule has 22 heavy (non-hydrogen) atoms. The molecule has 0 aromatic heterocycles. The van der Waals surface area contributed by atoms with Crippen LogP contribution in [0.5, 0.6) is 0 Å². The van der Waals surface area contributed by atoms with E-state index >= 15 is 0 Å². The molecule has 1 heterocycles. The van der Waals surface area contributed by atoms with Crippen LogP contribution < -0.4 is 5.32 Å². The van der Waals surface area contributed by atoms with Gasteiger partial charge in [0, 0.05) is 25.7 Å². The third kappa shape index (κ3) is 4.73. The third-order valence-electron chi connectivity index (χ3n) is 4.47. The van der Waals surface area contributed by atoms with Gasteiger partial charge >= 0.3 is 6.03 Å². The maximum atomic E-state index is 12.3. The second kappa shape index (κ2) is 8.79. The van der Waals surface area contributed by atoms with E-state index in [2.05, 4.69) is 36.5 Å². The number of carbonyl (C=O) groups is 1. The maximum Gasteiger partial charge on any atom is 0.317 e. The second-order valence-electron chi connectivity index (χ2n) is 6.01. The molecule has 1 saturated heterocycles. The van der Waals surface area contributed by atoms with Crippen LogP contribution in [0.4, 0.5) is 4.79 Å². The number of carbonyl (C=O) groups excluding carboxylic acids is 1. The number of nitrogens with one attached hydrogen (secondary N) is 1. The van der Waals surface area contributed by atoms with Gasteiger partial charge in [-0.25, -0.2) is 4.79 Å². The molecule has 2 rings (SSSR count). The Morgan fingerprint density at radius 1 is 1.27 bits per heavy atom. The van der Waals surface area contributed by atoms with Crippen molar-refractivity contribution in [2.24, 2.45) is 0 Å². The Morgan fingerprint density at radius 2 is 2.00 bits per heavy atom. The third-order valence-corrected chi connectivity index (χ3v) is 4.47. The van der Waals surface area contributed by atoms with Gasteiger partial charge < -0.3 is 15.3 Å². The van der Waals surface area contributed by atoms with Gasteiger partial charge in [-0.2, -0.15) is 0 Å².